The maximum atomic E-state index is 4.48. The summed E-state index contributed by atoms with van der Waals surface area (Å²) in [5.74, 6) is 0.947. The first kappa shape index (κ1) is 11.1. The predicted molar refractivity (Wildman–Crippen MR) is 65.6 cm³/mol. The van der Waals surface area contributed by atoms with Gasteiger partial charge in [-0.05, 0) is 0 Å². The molecule has 2 heterocycles. The number of imidazole rings is 1. The third-order valence-electron chi connectivity index (χ3n) is 2.08. The second-order valence-corrected chi connectivity index (χ2v) is 4.49. The highest BCUT2D eigenvalue weighted by molar-refractivity contribution is 7.13. The number of aromatic amines is 1. The molecule has 0 aromatic carbocycles. The lowest BCUT2D eigenvalue weighted by Crippen LogP contribution is -2.14. The van der Waals surface area contributed by atoms with Gasteiger partial charge >= 0.3 is 0 Å². The Kier molecular flexibility index (Phi) is 3.53. The number of thiazole rings is 1. The van der Waals surface area contributed by atoms with Gasteiger partial charge in [-0.1, -0.05) is 0 Å². The quantitative estimate of drug-likeness (QED) is 0.821. The molecule has 16 heavy (non-hydrogen) atoms. The molecule has 6 heteroatoms. The Morgan fingerprint density at radius 2 is 2.31 bits per heavy atom. The van der Waals surface area contributed by atoms with Gasteiger partial charge in [0.2, 0.25) is 0 Å². The lowest BCUT2D eigenvalue weighted by molar-refractivity contribution is 0.660. The first-order valence-electron chi connectivity index (χ1n) is 5.06. The molecule has 0 bridgehead atoms. The van der Waals surface area contributed by atoms with E-state index in [1.807, 2.05) is 25.2 Å². The number of rotatable bonds is 5. The van der Waals surface area contributed by atoms with Gasteiger partial charge in [0, 0.05) is 38.4 Å². The van der Waals surface area contributed by atoms with Crippen molar-refractivity contribution in [3.05, 3.63) is 29.3 Å². The zero-order valence-electron chi connectivity index (χ0n) is 9.40. The van der Waals surface area contributed by atoms with E-state index >= 15 is 0 Å². The second kappa shape index (κ2) is 5.09. The molecule has 0 unspecified atom stereocenters. The Labute approximate surface area is 98.5 Å². The summed E-state index contributed by atoms with van der Waals surface area (Å²) in [6, 6.07) is 0. The number of nitrogens with zero attached hydrogens (tertiary/aromatic N) is 3. The summed E-state index contributed by atoms with van der Waals surface area (Å²) in [6.07, 6.45) is 3.58. The van der Waals surface area contributed by atoms with Crippen LogP contribution in [0.25, 0.3) is 0 Å². The van der Waals surface area contributed by atoms with Crippen LogP contribution in [0.4, 0.5) is 5.13 Å². The molecule has 0 saturated carbocycles. The van der Waals surface area contributed by atoms with E-state index in [1.54, 1.807) is 17.5 Å². The van der Waals surface area contributed by atoms with E-state index in [2.05, 4.69) is 25.6 Å². The fraction of sp³-hybridized carbons (Fsp3) is 0.400. The van der Waals surface area contributed by atoms with Crippen molar-refractivity contribution in [2.24, 2.45) is 0 Å². The molecule has 2 N–H and O–H groups in total. The van der Waals surface area contributed by atoms with E-state index in [0.29, 0.717) is 0 Å². The maximum Gasteiger partial charge on any atom is 0.185 e. The van der Waals surface area contributed by atoms with Gasteiger partial charge in [0.05, 0.1) is 12.2 Å². The number of anilines is 1. The van der Waals surface area contributed by atoms with Gasteiger partial charge in [-0.25, -0.2) is 9.97 Å². The van der Waals surface area contributed by atoms with Gasteiger partial charge in [-0.15, -0.1) is 11.3 Å². The van der Waals surface area contributed by atoms with Crippen molar-refractivity contribution in [1.82, 2.24) is 20.3 Å². The lowest BCUT2D eigenvalue weighted by Gasteiger charge is -2.05. The van der Waals surface area contributed by atoms with Gasteiger partial charge in [-0.3, -0.25) is 0 Å². The van der Waals surface area contributed by atoms with Crippen molar-refractivity contribution >= 4 is 16.5 Å². The van der Waals surface area contributed by atoms with Crippen LogP contribution in [-0.2, 0) is 13.1 Å². The number of H-pyrrole nitrogens is 1. The van der Waals surface area contributed by atoms with Crippen LogP contribution >= 0.6 is 11.3 Å². The molecule has 2 aromatic rings. The van der Waals surface area contributed by atoms with Crippen LogP contribution < -0.4 is 10.2 Å². The van der Waals surface area contributed by atoms with E-state index in [4.69, 9.17) is 0 Å². The SMILES string of the molecule is CN(C)c1nc(CNCc2ncc[nH]2)cs1. The molecule has 0 aliphatic carbocycles. The summed E-state index contributed by atoms with van der Waals surface area (Å²) in [7, 11) is 4.00. The van der Waals surface area contributed by atoms with Crippen LogP contribution in [0, 0.1) is 0 Å². The van der Waals surface area contributed by atoms with Crippen molar-refractivity contribution in [3.63, 3.8) is 0 Å². The predicted octanol–water partition coefficient (Wildman–Crippen LogP) is 1.22. The molecule has 5 nitrogen and oxygen atoms in total. The van der Waals surface area contributed by atoms with Crippen LogP contribution in [0.3, 0.4) is 0 Å². The molecule has 0 aliphatic heterocycles. The summed E-state index contributed by atoms with van der Waals surface area (Å²) in [4.78, 5) is 13.7. The lowest BCUT2D eigenvalue weighted by atomic mass is 10.4. The smallest absolute Gasteiger partial charge is 0.185 e. The number of nitrogens with one attached hydrogen (secondary N) is 2. The Balaban J connectivity index is 1.81. The summed E-state index contributed by atoms with van der Waals surface area (Å²) < 4.78 is 0. The molecule has 0 saturated heterocycles. The van der Waals surface area contributed by atoms with Gasteiger partial charge in [0.1, 0.15) is 5.82 Å². The highest BCUT2D eigenvalue weighted by Crippen LogP contribution is 2.17. The van der Waals surface area contributed by atoms with Crippen LogP contribution in [0.1, 0.15) is 11.5 Å². The van der Waals surface area contributed by atoms with E-state index in [-0.39, 0.29) is 0 Å². The van der Waals surface area contributed by atoms with Crippen molar-refractivity contribution in [3.8, 4) is 0 Å². The van der Waals surface area contributed by atoms with Crippen LogP contribution in [0.2, 0.25) is 0 Å². The number of aromatic nitrogens is 3. The van der Waals surface area contributed by atoms with Gasteiger partial charge < -0.3 is 15.2 Å². The van der Waals surface area contributed by atoms with Crippen molar-refractivity contribution < 1.29 is 0 Å². The first-order chi connectivity index (χ1) is 7.75. The normalized spacial score (nSPS) is 10.6. The average Bonchev–Trinajstić information content (AvgIpc) is 2.87. The Bertz CT molecular complexity index is 420. The Morgan fingerprint density at radius 3 is 2.94 bits per heavy atom. The average molecular weight is 237 g/mol. The zero-order valence-corrected chi connectivity index (χ0v) is 10.2. The largest absolute Gasteiger partial charge is 0.354 e. The highest BCUT2D eigenvalue weighted by atomic mass is 32.1. The molecule has 86 valence electrons. The van der Waals surface area contributed by atoms with Crippen LogP contribution in [-0.4, -0.2) is 29.0 Å². The zero-order chi connectivity index (χ0) is 11.4. The van der Waals surface area contributed by atoms with Crippen molar-refractivity contribution in [2.45, 2.75) is 13.1 Å². The topological polar surface area (TPSA) is 56.8 Å². The molecule has 0 fully saturated rings. The fourth-order valence-corrected chi connectivity index (χ4v) is 2.04. The molecule has 0 aliphatic rings. The Morgan fingerprint density at radius 1 is 1.44 bits per heavy atom. The second-order valence-electron chi connectivity index (χ2n) is 3.66. The molecule has 0 radical (unpaired) electrons. The van der Waals surface area contributed by atoms with E-state index in [9.17, 15) is 0 Å². The van der Waals surface area contributed by atoms with Crippen molar-refractivity contribution in [2.75, 3.05) is 19.0 Å². The van der Waals surface area contributed by atoms with Gasteiger partial charge in [0.15, 0.2) is 5.13 Å². The summed E-state index contributed by atoms with van der Waals surface area (Å²) >= 11 is 1.66. The molecular weight excluding hydrogens is 222 g/mol. The number of hydrogen-bond donors (Lipinski definition) is 2. The maximum absolute atomic E-state index is 4.48. The van der Waals surface area contributed by atoms with Crippen LogP contribution in [0.15, 0.2) is 17.8 Å². The summed E-state index contributed by atoms with van der Waals surface area (Å²) in [5.41, 5.74) is 1.07. The molecule has 2 aromatic heterocycles. The third-order valence-corrected chi connectivity index (χ3v) is 3.13. The molecule has 0 spiro atoms. The molecule has 2 rings (SSSR count). The number of hydrogen-bond acceptors (Lipinski definition) is 5. The Hall–Kier alpha value is -1.40. The van der Waals surface area contributed by atoms with Gasteiger partial charge in [0.25, 0.3) is 0 Å². The highest BCUT2D eigenvalue weighted by Gasteiger charge is 2.03. The monoisotopic (exact) mass is 237 g/mol. The van der Waals surface area contributed by atoms with Gasteiger partial charge in [-0.2, -0.15) is 0 Å². The third kappa shape index (κ3) is 2.80. The summed E-state index contributed by atoms with van der Waals surface area (Å²) in [6.45, 7) is 1.51. The minimum atomic E-state index is 0.738. The van der Waals surface area contributed by atoms with E-state index < -0.39 is 0 Å². The fourth-order valence-electron chi connectivity index (χ4n) is 1.29. The van der Waals surface area contributed by atoms with E-state index in [0.717, 1.165) is 29.7 Å². The van der Waals surface area contributed by atoms with Crippen molar-refractivity contribution in [1.29, 1.82) is 0 Å². The van der Waals surface area contributed by atoms with E-state index in [1.165, 1.54) is 0 Å². The molecule has 0 amide bonds. The molecular formula is C10H15N5S. The standard InChI is InChI=1S/C10H15N5S/c1-15(2)10-14-8(7-16-10)5-11-6-9-12-3-4-13-9/h3-4,7,11H,5-6H2,1-2H3,(H,12,13). The molecule has 0 atom stereocenters. The first-order valence-corrected chi connectivity index (χ1v) is 5.94. The summed E-state index contributed by atoms with van der Waals surface area (Å²) in [5, 5.41) is 6.40. The minimum Gasteiger partial charge on any atom is -0.354 e. The minimum absolute atomic E-state index is 0.738. The van der Waals surface area contributed by atoms with Crippen LogP contribution in [0.5, 0.6) is 0 Å².